The summed E-state index contributed by atoms with van der Waals surface area (Å²) in [6, 6.07) is 17.5. The van der Waals surface area contributed by atoms with Crippen molar-refractivity contribution in [3.05, 3.63) is 66.5 Å². The number of halogens is 3. The van der Waals surface area contributed by atoms with Crippen molar-refractivity contribution >= 4 is 11.0 Å². The second-order valence-electron chi connectivity index (χ2n) is 5.33. The Kier molecular flexibility index (Phi) is 3.16. The monoisotopic (exact) mass is 329 g/mol. The van der Waals surface area contributed by atoms with E-state index in [0.717, 1.165) is 10.1 Å². The van der Waals surface area contributed by atoms with E-state index in [9.17, 15) is 13.2 Å². The lowest BCUT2D eigenvalue weighted by Crippen LogP contribution is -2.38. The van der Waals surface area contributed by atoms with Gasteiger partial charge in [0.25, 0.3) is 5.82 Å². The van der Waals surface area contributed by atoms with Crippen LogP contribution in [0.5, 0.6) is 0 Å². The summed E-state index contributed by atoms with van der Waals surface area (Å²) < 4.78 is 41.3. The van der Waals surface area contributed by atoms with Crippen LogP contribution in [0.4, 0.5) is 13.2 Å². The lowest BCUT2D eigenvalue weighted by atomic mass is 10.1. The van der Waals surface area contributed by atoms with Gasteiger partial charge in [0.15, 0.2) is 0 Å². The van der Waals surface area contributed by atoms with E-state index in [1.807, 2.05) is 30.3 Å². The Morgan fingerprint density at radius 1 is 0.917 bits per heavy atom. The van der Waals surface area contributed by atoms with E-state index in [2.05, 4.69) is 15.2 Å². The fourth-order valence-corrected chi connectivity index (χ4v) is 2.71. The van der Waals surface area contributed by atoms with Crippen LogP contribution < -0.4 is 4.57 Å². The molecule has 4 aromatic rings. The molecule has 0 saturated heterocycles. The molecule has 0 bridgehead atoms. The summed E-state index contributed by atoms with van der Waals surface area (Å²) in [6.07, 6.45) is -4.52. The van der Waals surface area contributed by atoms with Crippen LogP contribution in [0.15, 0.2) is 60.7 Å². The standard InChI is InChI=1S/C17H11F3N4/c18-17(19,20)16-21-12-8-4-5-9-14(12)24(16)15-10-13(22-23-15)11-6-2-1-3-7-11/h1-10H,(H,22,23)/p+1. The molecule has 4 rings (SSSR count). The molecule has 0 unspecified atom stereocenters. The van der Waals surface area contributed by atoms with Gasteiger partial charge >= 0.3 is 12.0 Å². The first-order chi connectivity index (χ1) is 11.5. The minimum absolute atomic E-state index is 0.179. The number of aromatic nitrogens is 4. The van der Waals surface area contributed by atoms with E-state index in [1.165, 1.54) is 0 Å². The minimum Gasteiger partial charge on any atom is -0.266 e. The highest BCUT2D eigenvalue weighted by Crippen LogP contribution is 2.29. The molecule has 2 N–H and O–H groups in total. The zero-order chi connectivity index (χ0) is 16.7. The first-order valence-electron chi connectivity index (χ1n) is 7.25. The van der Waals surface area contributed by atoms with Crippen molar-refractivity contribution in [2.75, 3.05) is 0 Å². The molecule has 0 atom stereocenters. The normalized spacial score (nSPS) is 12.0. The molecule has 2 heterocycles. The molecule has 0 saturated carbocycles. The van der Waals surface area contributed by atoms with Gasteiger partial charge in [-0.25, -0.2) is 5.10 Å². The second kappa shape index (κ2) is 5.23. The van der Waals surface area contributed by atoms with Crippen molar-refractivity contribution in [1.82, 2.24) is 15.2 Å². The largest absolute Gasteiger partial charge is 0.479 e. The third-order valence-electron chi connectivity index (χ3n) is 3.77. The van der Waals surface area contributed by atoms with Crippen molar-refractivity contribution in [3.8, 4) is 17.1 Å². The van der Waals surface area contributed by atoms with Gasteiger partial charge in [-0.1, -0.05) is 42.5 Å². The molecule has 0 fully saturated rings. The molecule has 4 nitrogen and oxygen atoms in total. The Labute approximate surface area is 134 Å². The summed E-state index contributed by atoms with van der Waals surface area (Å²) in [4.78, 5) is 2.44. The molecule has 0 aliphatic rings. The third-order valence-corrected chi connectivity index (χ3v) is 3.77. The Bertz CT molecular complexity index is 1000. The van der Waals surface area contributed by atoms with Crippen LogP contribution in [0.25, 0.3) is 28.1 Å². The number of benzene rings is 2. The number of fused-ring (bicyclic) bond motifs is 1. The number of alkyl halides is 3. The topological polar surface area (TPSA) is 48.3 Å². The Balaban J connectivity index is 1.92. The summed E-state index contributed by atoms with van der Waals surface area (Å²) in [5.41, 5.74) is 2.31. The summed E-state index contributed by atoms with van der Waals surface area (Å²) in [5.74, 6) is -0.687. The van der Waals surface area contributed by atoms with Crippen molar-refractivity contribution < 1.29 is 17.7 Å². The van der Waals surface area contributed by atoms with Gasteiger partial charge in [0.1, 0.15) is 11.0 Å². The van der Waals surface area contributed by atoms with Gasteiger partial charge in [-0.3, -0.25) is 4.98 Å². The number of aromatic amines is 2. The number of nitrogens with zero attached hydrogens (tertiary/aromatic N) is 2. The Hall–Kier alpha value is -3.09. The van der Waals surface area contributed by atoms with Gasteiger partial charge in [0.05, 0.1) is 5.69 Å². The average Bonchev–Trinajstić information content (AvgIpc) is 3.19. The highest BCUT2D eigenvalue weighted by molar-refractivity contribution is 5.72. The third kappa shape index (κ3) is 2.34. The van der Waals surface area contributed by atoms with Crippen LogP contribution in [-0.2, 0) is 6.18 Å². The fourth-order valence-electron chi connectivity index (χ4n) is 2.71. The lowest BCUT2D eigenvalue weighted by molar-refractivity contribution is -0.597. The SMILES string of the molecule is FC(F)(F)c1[nH]c2ccccc2[n+]1-c1cc(-c2ccccc2)[nH]n1. The lowest BCUT2D eigenvalue weighted by Gasteiger charge is -2.02. The van der Waals surface area contributed by atoms with Crippen LogP contribution in [0.1, 0.15) is 5.82 Å². The van der Waals surface area contributed by atoms with Crippen molar-refractivity contribution in [2.24, 2.45) is 0 Å². The number of imidazole rings is 1. The maximum absolute atomic E-state index is 13.4. The molecule has 2 aromatic heterocycles. The molecule has 120 valence electrons. The van der Waals surface area contributed by atoms with Crippen LogP contribution in [-0.4, -0.2) is 15.2 Å². The average molecular weight is 329 g/mol. The minimum atomic E-state index is -4.52. The molecule has 24 heavy (non-hydrogen) atoms. The number of hydrogen-bond acceptors (Lipinski definition) is 1. The summed E-state index contributed by atoms with van der Waals surface area (Å²) in [7, 11) is 0. The van der Waals surface area contributed by atoms with E-state index in [1.54, 1.807) is 30.3 Å². The van der Waals surface area contributed by atoms with E-state index < -0.39 is 12.0 Å². The Morgan fingerprint density at radius 3 is 2.38 bits per heavy atom. The van der Waals surface area contributed by atoms with E-state index in [0.29, 0.717) is 16.7 Å². The maximum Gasteiger partial charge on any atom is 0.479 e. The van der Waals surface area contributed by atoms with E-state index >= 15 is 0 Å². The zero-order valence-electron chi connectivity index (χ0n) is 12.3. The first-order valence-corrected chi connectivity index (χ1v) is 7.25. The van der Waals surface area contributed by atoms with Crippen LogP contribution >= 0.6 is 0 Å². The Morgan fingerprint density at radius 2 is 1.62 bits per heavy atom. The zero-order valence-corrected chi connectivity index (χ0v) is 12.3. The van der Waals surface area contributed by atoms with Gasteiger partial charge < -0.3 is 0 Å². The highest BCUT2D eigenvalue weighted by Gasteiger charge is 2.43. The second-order valence-corrected chi connectivity index (χ2v) is 5.33. The fraction of sp³-hybridized carbons (Fsp3) is 0.0588. The van der Waals surface area contributed by atoms with Crippen molar-refractivity contribution in [1.29, 1.82) is 0 Å². The van der Waals surface area contributed by atoms with E-state index in [-0.39, 0.29) is 5.82 Å². The number of nitrogens with one attached hydrogen (secondary N) is 2. The maximum atomic E-state index is 13.4. The molecule has 0 radical (unpaired) electrons. The summed E-state index contributed by atoms with van der Waals surface area (Å²) in [5, 5.41) is 6.88. The molecule has 0 aliphatic carbocycles. The number of para-hydroxylation sites is 2. The number of H-pyrrole nitrogens is 2. The van der Waals surface area contributed by atoms with Gasteiger partial charge in [0.2, 0.25) is 0 Å². The molecule has 0 aliphatic heterocycles. The predicted molar refractivity (Wildman–Crippen MR) is 82.4 cm³/mol. The van der Waals surface area contributed by atoms with Crippen LogP contribution in [0.2, 0.25) is 0 Å². The van der Waals surface area contributed by atoms with Gasteiger partial charge in [-0.05, 0) is 17.2 Å². The summed E-state index contributed by atoms with van der Waals surface area (Å²) >= 11 is 0. The smallest absolute Gasteiger partial charge is 0.266 e. The highest BCUT2D eigenvalue weighted by atomic mass is 19.4. The molecule has 0 spiro atoms. The molecular formula is C17H12F3N4+. The van der Waals surface area contributed by atoms with Crippen LogP contribution in [0.3, 0.4) is 0 Å². The van der Waals surface area contributed by atoms with Crippen molar-refractivity contribution in [3.63, 3.8) is 0 Å². The molecule has 0 amide bonds. The molecular weight excluding hydrogens is 317 g/mol. The van der Waals surface area contributed by atoms with E-state index in [4.69, 9.17) is 0 Å². The predicted octanol–water partition coefficient (Wildman–Crippen LogP) is 3.85. The van der Waals surface area contributed by atoms with Gasteiger partial charge in [0, 0.05) is 11.6 Å². The number of rotatable bonds is 2. The van der Waals surface area contributed by atoms with Crippen LogP contribution in [0, 0.1) is 0 Å². The van der Waals surface area contributed by atoms with Gasteiger partial charge in [-0.2, -0.15) is 17.7 Å². The van der Waals surface area contributed by atoms with Gasteiger partial charge in [-0.15, -0.1) is 0 Å². The quantitative estimate of drug-likeness (QED) is 0.539. The first kappa shape index (κ1) is 14.5. The molecule has 7 heteroatoms. The summed E-state index contributed by atoms with van der Waals surface area (Å²) in [6.45, 7) is 0. The number of hydrogen-bond donors (Lipinski definition) is 2. The molecule has 2 aromatic carbocycles. The van der Waals surface area contributed by atoms with Crippen molar-refractivity contribution in [2.45, 2.75) is 6.18 Å².